The summed E-state index contributed by atoms with van der Waals surface area (Å²) in [7, 11) is 0. The molecule has 5 atom stereocenters. The number of carbonyl (C=O) groups is 1. The Bertz CT molecular complexity index is 1280. The Hall–Kier alpha value is -0.610. The maximum Gasteiger partial charge on any atom is 0.309 e. The highest BCUT2D eigenvalue weighted by atomic mass is 16.6. The second-order valence-corrected chi connectivity index (χ2v) is 29.8. The highest BCUT2D eigenvalue weighted by molar-refractivity contribution is 5.70. The zero-order chi connectivity index (χ0) is 62.5. The number of aliphatic hydroxyl groups excluding tert-OH is 1. The summed E-state index contributed by atoms with van der Waals surface area (Å²) >= 11 is 0. The van der Waals surface area contributed by atoms with E-state index in [-0.39, 0.29) is 0 Å². The number of carboxylic acid groups (broad SMARTS) is 1. The Balaban J connectivity index is 1.72. The summed E-state index contributed by atoms with van der Waals surface area (Å²) in [5.41, 5.74) is 0. The largest absolute Gasteiger partial charge is 0.481 e. The maximum atomic E-state index is 12.0. The minimum Gasteiger partial charge on any atom is -0.481 e. The molecule has 1 aliphatic heterocycles. The van der Waals surface area contributed by atoms with Crippen molar-refractivity contribution in [3.63, 3.8) is 0 Å². The normalized spacial score (nSPS) is 15.2. The van der Waals surface area contributed by atoms with Gasteiger partial charge in [0.2, 0.25) is 0 Å². The summed E-state index contributed by atoms with van der Waals surface area (Å²) in [6.45, 7) is 7.07. The maximum absolute atomic E-state index is 12.0. The SMILES string of the molecule is CCCCCCCCCCCCCCCCCCCCCCCCC(C(=O)O)C(O)CCCCCCCCCCCCCCCCCCCCCCCCCCCCCCCCC1OC1C(C)CCCCCCCCCCCCCCCCCCCC. The van der Waals surface area contributed by atoms with E-state index in [4.69, 9.17) is 4.74 Å². The molecule has 1 fully saturated rings. The molecule has 0 spiro atoms. The van der Waals surface area contributed by atoms with Crippen molar-refractivity contribution >= 4 is 5.97 Å². The van der Waals surface area contributed by atoms with Crippen LogP contribution in [0.5, 0.6) is 0 Å². The van der Waals surface area contributed by atoms with Crippen molar-refractivity contribution in [3.05, 3.63) is 0 Å². The number of hydrogen-bond donors (Lipinski definition) is 2. The molecule has 1 aliphatic rings. The second kappa shape index (κ2) is 71.2. The molecule has 0 aromatic carbocycles. The average molecular weight is 1230 g/mol. The smallest absolute Gasteiger partial charge is 0.309 e. The Kier molecular flexibility index (Phi) is 69.1. The third-order valence-electron chi connectivity index (χ3n) is 21.1. The summed E-state index contributed by atoms with van der Waals surface area (Å²) in [5.74, 6) is -0.612. The van der Waals surface area contributed by atoms with E-state index in [1.807, 2.05) is 0 Å². The number of aliphatic hydroxyl groups is 1. The lowest BCUT2D eigenvalue weighted by atomic mass is 9.91. The molecule has 4 nitrogen and oxygen atoms in total. The number of ether oxygens (including phenoxy) is 1. The quantitative estimate of drug-likeness (QED) is 0.0470. The van der Waals surface area contributed by atoms with Crippen molar-refractivity contribution in [1.82, 2.24) is 0 Å². The Morgan fingerprint density at radius 2 is 0.460 bits per heavy atom. The first-order chi connectivity index (χ1) is 43.0. The molecule has 0 amide bonds. The highest BCUT2D eigenvalue weighted by Crippen LogP contribution is 2.36. The average Bonchev–Trinajstić information content (AvgIpc) is 4.10. The summed E-state index contributed by atoms with van der Waals surface area (Å²) < 4.78 is 6.15. The number of unbranched alkanes of at least 4 members (excludes halogenated alkanes) is 67. The van der Waals surface area contributed by atoms with Gasteiger partial charge in [0.05, 0.1) is 24.2 Å². The molecule has 1 rings (SSSR count). The minimum absolute atomic E-state index is 0.583. The first-order valence-electron chi connectivity index (χ1n) is 41.6. The molecule has 0 radical (unpaired) electrons. The molecule has 520 valence electrons. The monoisotopic (exact) mass is 1230 g/mol. The van der Waals surface area contributed by atoms with Crippen LogP contribution in [0.3, 0.4) is 0 Å². The zero-order valence-electron chi connectivity index (χ0n) is 60.4. The predicted octanol–water partition coefficient (Wildman–Crippen LogP) is 29.4. The molecule has 0 bridgehead atoms. The van der Waals surface area contributed by atoms with Crippen LogP contribution >= 0.6 is 0 Å². The fourth-order valence-electron chi connectivity index (χ4n) is 14.7. The fraction of sp³-hybridized carbons (Fsp3) is 0.988. The topological polar surface area (TPSA) is 70.1 Å². The van der Waals surface area contributed by atoms with Crippen molar-refractivity contribution in [2.45, 2.75) is 514 Å². The van der Waals surface area contributed by atoms with E-state index in [1.54, 1.807) is 0 Å². The highest BCUT2D eigenvalue weighted by Gasteiger charge is 2.41. The van der Waals surface area contributed by atoms with Crippen LogP contribution in [0, 0.1) is 11.8 Å². The molecule has 4 heteroatoms. The fourth-order valence-corrected chi connectivity index (χ4v) is 14.7. The van der Waals surface area contributed by atoms with Gasteiger partial charge in [0, 0.05) is 0 Å². The van der Waals surface area contributed by atoms with E-state index < -0.39 is 18.0 Å². The summed E-state index contributed by atoms with van der Waals surface area (Å²) in [4.78, 5) is 12.0. The van der Waals surface area contributed by atoms with E-state index >= 15 is 0 Å². The summed E-state index contributed by atoms with van der Waals surface area (Å²) in [6, 6.07) is 0. The van der Waals surface area contributed by atoms with Crippen LogP contribution in [0.2, 0.25) is 0 Å². The zero-order valence-corrected chi connectivity index (χ0v) is 60.4. The Morgan fingerprint density at radius 1 is 0.276 bits per heavy atom. The molecule has 1 heterocycles. The number of rotatable bonds is 78. The van der Waals surface area contributed by atoms with Crippen LogP contribution in [0.4, 0.5) is 0 Å². The molecule has 0 aliphatic carbocycles. The molecule has 0 aromatic rings. The van der Waals surface area contributed by atoms with Gasteiger partial charge < -0.3 is 14.9 Å². The molecule has 0 aromatic heterocycles. The number of epoxide rings is 1. The molecule has 0 saturated carbocycles. The van der Waals surface area contributed by atoms with Crippen LogP contribution in [0.25, 0.3) is 0 Å². The van der Waals surface area contributed by atoms with Crippen molar-refractivity contribution in [3.8, 4) is 0 Å². The van der Waals surface area contributed by atoms with Crippen LogP contribution in [-0.2, 0) is 9.53 Å². The molecule has 87 heavy (non-hydrogen) atoms. The predicted molar refractivity (Wildman–Crippen MR) is 388 cm³/mol. The van der Waals surface area contributed by atoms with Gasteiger partial charge in [-0.05, 0) is 31.6 Å². The lowest BCUT2D eigenvalue weighted by Gasteiger charge is -2.19. The van der Waals surface area contributed by atoms with E-state index in [0.717, 1.165) is 31.6 Å². The molecule has 5 unspecified atom stereocenters. The standard InChI is InChI=1S/C83H164O4/c1-4-6-8-10-12-14-16-18-20-22-24-25-36-39-43-47-51-55-59-63-67-71-75-79(83(85)86)80(84)76-72-68-64-60-56-52-48-44-40-37-34-32-30-28-26-27-29-31-33-35-38-41-45-49-53-57-61-65-69-73-77-81-82(87-81)78(3)74-70-66-62-58-54-50-46-42-23-21-19-17-15-13-11-9-7-5-2/h78-82,84H,4-77H2,1-3H3,(H,85,86). The summed E-state index contributed by atoms with van der Waals surface area (Å²) in [5, 5.41) is 20.6. The number of carboxylic acids is 1. The number of aliphatic carboxylic acids is 1. The Morgan fingerprint density at radius 3 is 0.678 bits per heavy atom. The summed E-state index contributed by atoms with van der Waals surface area (Å²) in [6.07, 6.45) is 103. The minimum atomic E-state index is -0.799. The van der Waals surface area contributed by atoms with Gasteiger partial charge in [-0.25, -0.2) is 0 Å². The van der Waals surface area contributed by atoms with Gasteiger partial charge in [-0.15, -0.1) is 0 Å². The van der Waals surface area contributed by atoms with Gasteiger partial charge >= 0.3 is 5.97 Å². The molecular weight excluding hydrogens is 1060 g/mol. The molecule has 2 N–H and O–H groups in total. The van der Waals surface area contributed by atoms with E-state index in [0.29, 0.717) is 25.0 Å². The van der Waals surface area contributed by atoms with Gasteiger partial charge in [-0.3, -0.25) is 4.79 Å². The van der Waals surface area contributed by atoms with Gasteiger partial charge in [-0.1, -0.05) is 470 Å². The third-order valence-corrected chi connectivity index (χ3v) is 21.1. The van der Waals surface area contributed by atoms with Crippen molar-refractivity contribution in [2.75, 3.05) is 0 Å². The van der Waals surface area contributed by atoms with Crippen LogP contribution in [0.15, 0.2) is 0 Å². The molecular formula is C83H164O4. The van der Waals surface area contributed by atoms with E-state index in [1.165, 1.54) is 437 Å². The van der Waals surface area contributed by atoms with Gasteiger partial charge in [0.15, 0.2) is 0 Å². The van der Waals surface area contributed by atoms with Crippen LogP contribution in [0.1, 0.15) is 496 Å². The first kappa shape index (κ1) is 84.4. The second-order valence-electron chi connectivity index (χ2n) is 29.8. The van der Waals surface area contributed by atoms with Crippen molar-refractivity contribution < 1.29 is 19.7 Å². The first-order valence-corrected chi connectivity index (χ1v) is 41.6. The van der Waals surface area contributed by atoms with Crippen molar-refractivity contribution in [2.24, 2.45) is 11.8 Å². The third kappa shape index (κ3) is 63.9. The number of hydrogen-bond acceptors (Lipinski definition) is 3. The van der Waals surface area contributed by atoms with Gasteiger partial charge in [0.1, 0.15) is 0 Å². The Labute approximate surface area is 549 Å². The van der Waals surface area contributed by atoms with E-state index in [9.17, 15) is 15.0 Å². The lowest BCUT2D eigenvalue weighted by molar-refractivity contribution is -0.146. The lowest BCUT2D eigenvalue weighted by Crippen LogP contribution is -2.28. The van der Waals surface area contributed by atoms with Crippen LogP contribution in [-0.4, -0.2) is 34.5 Å². The molecule has 1 saturated heterocycles. The van der Waals surface area contributed by atoms with E-state index in [2.05, 4.69) is 20.8 Å². The van der Waals surface area contributed by atoms with Crippen LogP contribution < -0.4 is 0 Å². The van der Waals surface area contributed by atoms with Gasteiger partial charge in [-0.2, -0.15) is 0 Å². The van der Waals surface area contributed by atoms with Gasteiger partial charge in [0.25, 0.3) is 0 Å². The van der Waals surface area contributed by atoms with Crippen molar-refractivity contribution in [1.29, 1.82) is 0 Å².